The van der Waals surface area contributed by atoms with E-state index in [1.807, 2.05) is 38.2 Å². The van der Waals surface area contributed by atoms with Crippen molar-refractivity contribution in [2.24, 2.45) is 0 Å². The van der Waals surface area contributed by atoms with Gasteiger partial charge >= 0.3 is 0 Å². The molecule has 0 atom stereocenters. The lowest BCUT2D eigenvalue weighted by Crippen LogP contribution is -2.06. The minimum atomic E-state index is 0.645. The Labute approximate surface area is 125 Å². The molecule has 0 saturated heterocycles. The minimum Gasteiger partial charge on any atom is -0.372 e. The van der Waals surface area contributed by atoms with E-state index in [4.69, 9.17) is 11.6 Å². The van der Waals surface area contributed by atoms with Crippen LogP contribution in [0.4, 0.5) is 5.82 Å². The number of nitrogens with one attached hydrogen (secondary N) is 1. The molecule has 0 radical (unpaired) electrons. The first-order valence-electron chi connectivity index (χ1n) is 5.56. The van der Waals surface area contributed by atoms with E-state index in [1.54, 1.807) is 0 Å². The van der Waals surface area contributed by atoms with Crippen LogP contribution in [-0.2, 0) is 6.42 Å². The van der Waals surface area contributed by atoms with Gasteiger partial charge in [-0.05, 0) is 41.1 Å². The van der Waals surface area contributed by atoms with Gasteiger partial charge < -0.3 is 5.32 Å². The number of rotatable bonds is 3. The van der Waals surface area contributed by atoms with Crippen molar-refractivity contribution < 1.29 is 0 Å². The number of aryl methyl sites for hydroxylation is 1. The fourth-order valence-corrected chi connectivity index (χ4v) is 2.39. The molecule has 0 fully saturated rings. The number of anilines is 1. The maximum Gasteiger partial charge on any atom is 0.143 e. The van der Waals surface area contributed by atoms with Crippen molar-refractivity contribution in [2.75, 3.05) is 12.4 Å². The molecule has 0 aliphatic carbocycles. The van der Waals surface area contributed by atoms with Gasteiger partial charge in [0.25, 0.3) is 0 Å². The first-order valence-corrected chi connectivity index (χ1v) is 7.01. The molecule has 0 spiro atoms. The molecule has 0 amide bonds. The average molecular weight is 374 g/mol. The fraction of sp³-hybridized carbons (Fsp3) is 0.231. The Hall–Kier alpha value is -0.880. The molecular formula is C13H13ClIN3. The summed E-state index contributed by atoms with van der Waals surface area (Å²) in [4.78, 5) is 9.00. The minimum absolute atomic E-state index is 0.645. The van der Waals surface area contributed by atoms with Crippen molar-refractivity contribution in [2.45, 2.75) is 13.3 Å². The van der Waals surface area contributed by atoms with Crippen molar-refractivity contribution in [3.05, 3.63) is 49.9 Å². The van der Waals surface area contributed by atoms with Gasteiger partial charge in [0.15, 0.2) is 0 Å². The lowest BCUT2D eigenvalue weighted by molar-refractivity contribution is 0.935. The van der Waals surface area contributed by atoms with E-state index < -0.39 is 0 Å². The van der Waals surface area contributed by atoms with Crippen LogP contribution in [0.25, 0.3) is 0 Å². The number of benzene rings is 1. The molecule has 0 aliphatic heterocycles. The second kappa shape index (κ2) is 5.84. The van der Waals surface area contributed by atoms with Gasteiger partial charge in [0.1, 0.15) is 11.6 Å². The van der Waals surface area contributed by atoms with E-state index in [0.717, 1.165) is 31.5 Å². The van der Waals surface area contributed by atoms with Gasteiger partial charge in [0.2, 0.25) is 0 Å². The molecule has 0 bridgehead atoms. The SMILES string of the molecule is CNc1nc(Cc2ccccc2Cl)nc(C)c1I. The molecular weight excluding hydrogens is 361 g/mol. The Morgan fingerprint density at radius 2 is 2.00 bits per heavy atom. The van der Waals surface area contributed by atoms with Crippen LogP contribution >= 0.6 is 34.2 Å². The highest BCUT2D eigenvalue weighted by Crippen LogP contribution is 2.21. The third kappa shape index (κ3) is 2.92. The summed E-state index contributed by atoms with van der Waals surface area (Å²) >= 11 is 8.39. The quantitative estimate of drug-likeness (QED) is 0.834. The summed E-state index contributed by atoms with van der Waals surface area (Å²) in [5.74, 6) is 1.65. The van der Waals surface area contributed by atoms with E-state index in [1.165, 1.54) is 0 Å². The van der Waals surface area contributed by atoms with Crippen LogP contribution in [0.5, 0.6) is 0 Å². The summed E-state index contributed by atoms with van der Waals surface area (Å²) in [5, 5.41) is 3.84. The van der Waals surface area contributed by atoms with Crippen LogP contribution in [0.1, 0.15) is 17.1 Å². The molecule has 0 aliphatic rings. The lowest BCUT2D eigenvalue weighted by atomic mass is 10.1. The summed E-state index contributed by atoms with van der Waals surface area (Å²) in [7, 11) is 1.86. The summed E-state index contributed by atoms with van der Waals surface area (Å²) in [5.41, 5.74) is 2.03. The zero-order valence-electron chi connectivity index (χ0n) is 10.2. The van der Waals surface area contributed by atoms with Crippen molar-refractivity contribution in [1.82, 2.24) is 9.97 Å². The highest BCUT2D eigenvalue weighted by molar-refractivity contribution is 14.1. The lowest BCUT2D eigenvalue weighted by Gasteiger charge is -2.09. The average Bonchev–Trinajstić information content (AvgIpc) is 2.36. The van der Waals surface area contributed by atoms with Gasteiger partial charge in [-0.15, -0.1) is 0 Å². The molecule has 1 aromatic carbocycles. The Kier molecular flexibility index (Phi) is 4.40. The number of hydrogen-bond donors (Lipinski definition) is 1. The monoisotopic (exact) mass is 373 g/mol. The molecule has 2 rings (SSSR count). The van der Waals surface area contributed by atoms with Crippen LogP contribution in [0, 0.1) is 10.5 Å². The number of aromatic nitrogens is 2. The normalized spacial score (nSPS) is 10.4. The largest absolute Gasteiger partial charge is 0.372 e. The Balaban J connectivity index is 2.36. The van der Waals surface area contributed by atoms with E-state index in [0.29, 0.717) is 6.42 Å². The van der Waals surface area contributed by atoms with Crippen molar-refractivity contribution >= 4 is 40.0 Å². The second-order valence-corrected chi connectivity index (χ2v) is 5.39. The van der Waals surface area contributed by atoms with Crippen LogP contribution in [-0.4, -0.2) is 17.0 Å². The maximum absolute atomic E-state index is 6.15. The van der Waals surface area contributed by atoms with Gasteiger partial charge in [0.05, 0.1) is 9.26 Å². The van der Waals surface area contributed by atoms with Gasteiger partial charge in [-0.1, -0.05) is 29.8 Å². The van der Waals surface area contributed by atoms with E-state index in [-0.39, 0.29) is 0 Å². The maximum atomic E-state index is 6.15. The summed E-state index contributed by atoms with van der Waals surface area (Å²) in [6, 6.07) is 7.78. The van der Waals surface area contributed by atoms with Crippen LogP contribution in [0.2, 0.25) is 5.02 Å². The molecule has 1 aromatic heterocycles. The second-order valence-electron chi connectivity index (χ2n) is 3.91. The number of nitrogens with zero attached hydrogens (tertiary/aromatic N) is 2. The van der Waals surface area contributed by atoms with Crippen molar-refractivity contribution in [1.29, 1.82) is 0 Å². The summed E-state index contributed by atoms with van der Waals surface area (Å²) < 4.78 is 1.05. The third-order valence-corrected chi connectivity index (χ3v) is 4.27. The highest BCUT2D eigenvalue weighted by Gasteiger charge is 2.09. The van der Waals surface area contributed by atoms with Crippen LogP contribution in [0.15, 0.2) is 24.3 Å². The predicted octanol–water partition coefficient (Wildman–Crippen LogP) is 3.68. The Bertz CT molecular complexity index is 572. The first-order chi connectivity index (χ1) is 8.61. The summed E-state index contributed by atoms with van der Waals surface area (Å²) in [6.45, 7) is 1.99. The van der Waals surface area contributed by atoms with Gasteiger partial charge in [-0.25, -0.2) is 9.97 Å². The molecule has 3 nitrogen and oxygen atoms in total. The summed E-state index contributed by atoms with van der Waals surface area (Å²) in [6.07, 6.45) is 0.645. The van der Waals surface area contributed by atoms with Crippen LogP contribution in [0.3, 0.4) is 0 Å². The number of hydrogen-bond acceptors (Lipinski definition) is 3. The Morgan fingerprint density at radius 3 is 2.67 bits per heavy atom. The Morgan fingerprint density at radius 1 is 1.28 bits per heavy atom. The highest BCUT2D eigenvalue weighted by atomic mass is 127. The molecule has 1 heterocycles. The molecule has 0 unspecified atom stereocenters. The molecule has 5 heteroatoms. The molecule has 18 heavy (non-hydrogen) atoms. The molecule has 2 aromatic rings. The topological polar surface area (TPSA) is 37.8 Å². The number of halogens is 2. The third-order valence-electron chi connectivity index (χ3n) is 2.61. The smallest absolute Gasteiger partial charge is 0.143 e. The van der Waals surface area contributed by atoms with Crippen molar-refractivity contribution in [3.63, 3.8) is 0 Å². The standard InChI is InChI=1S/C13H13ClIN3/c1-8-12(15)13(16-2)18-11(17-8)7-9-5-3-4-6-10(9)14/h3-6H,7H2,1-2H3,(H,16,17,18). The molecule has 0 saturated carbocycles. The van der Waals surface area contributed by atoms with E-state index in [2.05, 4.69) is 37.9 Å². The van der Waals surface area contributed by atoms with Crippen LogP contribution < -0.4 is 5.32 Å². The zero-order valence-corrected chi connectivity index (χ0v) is 13.1. The van der Waals surface area contributed by atoms with Crippen molar-refractivity contribution in [3.8, 4) is 0 Å². The zero-order chi connectivity index (χ0) is 13.1. The molecule has 1 N–H and O–H groups in total. The fourth-order valence-electron chi connectivity index (χ4n) is 1.67. The van der Waals surface area contributed by atoms with E-state index >= 15 is 0 Å². The van der Waals surface area contributed by atoms with Gasteiger partial charge in [0, 0.05) is 18.5 Å². The molecule has 94 valence electrons. The predicted molar refractivity (Wildman–Crippen MR) is 83.3 cm³/mol. The van der Waals surface area contributed by atoms with Gasteiger partial charge in [-0.3, -0.25) is 0 Å². The first kappa shape index (κ1) is 13.5. The van der Waals surface area contributed by atoms with E-state index in [9.17, 15) is 0 Å². The van der Waals surface area contributed by atoms with Gasteiger partial charge in [-0.2, -0.15) is 0 Å².